The first-order valence-corrected chi connectivity index (χ1v) is 6.63. The molecular formula is C16H18ClN. The predicted octanol–water partition coefficient (Wildman–Crippen LogP) is 4.83. The number of nitrogens with zero attached hydrogens (tertiary/aromatic N) is 1. The lowest BCUT2D eigenvalue weighted by atomic mass is 9.85. The van der Waals surface area contributed by atoms with Gasteiger partial charge >= 0.3 is 0 Å². The number of halogens is 1. The lowest BCUT2D eigenvalue weighted by Gasteiger charge is -2.21. The highest BCUT2D eigenvalue weighted by atomic mass is 35.5. The van der Waals surface area contributed by atoms with Crippen molar-refractivity contribution in [2.75, 3.05) is 0 Å². The Morgan fingerprint density at radius 3 is 2.17 bits per heavy atom. The maximum atomic E-state index is 5.95. The highest BCUT2D eigenvalue weighted by Gasteiger charge is 2.19. The minimum absolute atomic E-state index is 0.322. The van der Waals surface area contributed by atoms with Gasteiger partial charge in [-0.15, -0.1) is 0 Å². The maximum absolute atomic E-state index is 5.95. The van der Waals surface area contributed by atoms with Crippen LogP contribution in [0.3, 0.4) is 0 Å². The van der Waals surface area contributed by atoms with E-state index in [1.165, 1.54) is 11.1 Å². The average molecular weight is 260 g/mol. The molecule has 0 bridgehead atoms. The topological polar surface area (TPSA) is 12.9 Å². The van der Waals surface area contributed by atoms with E-state index in [9.17, 15) is 0 Å². The quantitative estimate of drug-likeness (QED) is 0.769. The molecule has 18 heavy (non-hydrogen) atoms. The van der Waals surface area contributed by atoms with Gasteiger partial charge in [0.15, 0.2) is 0 Å². The monoisotopic (exact) mass is 259 g/mol. The lowest BCUT2D eigenvalue weighted by Crippen LogP contribution is -2.10. The molecule has 2 aromatic rings. The van der Waals surface area contributed by atoms with E-state index in [0.29, 0.717) is 11.8 Å². The van der Waals surface area contributed by atoms with Crippen LogP contribution in [0.2, 0.25) is 5.02 Å². The van der Waals surface area contributed by atoms with Gasteiger partial charge < -0.3 is 0 Å². The SMILES string of the molecule is Cc1ccc(C(c2ccc(Cl)cc2)C(C)C)nc1. The van der Waals surface area contributed by atoms with Crippen molar-refractivity contribution in [3.8, 4) is 0 Å². The molecule has 1 nitrogen and oxygen atoms in total. The summed E-state index contributed by atoms with van der Waals surface area (Å²) in [6.45, 7) is 6.51. The van der Waals surface area contributed by atoms with Crippen LogP contribution in [0.4, 0.5) is 0 Å². The van der Waals surface area contributed by atoms with Gasteiger partial charge in [-0.2, -0.15) is 0 Å². The summed E-state index contributed by atoms with van der Waals surface area (Å²) >= 11 is 5.95. The summed E-state index contributed by atoms with van der Waals surface area (Å²) in [6, 6.07) is 12.3. The van der Waals surface area contributed by atoms with Crippen LogP contribution in [0.1, 0.15) is 36.6 Å². The van der Waals surface area contributed by atoms with Gasteiger partial charge in [0.2, 0.25) is 0 Å². The van der Waals surface area contributed by atoms with Crippen molar-refractivity contribution in [1.29, 1.82) is 0 Å². The Labute approximate surface area is 114 Å². The van der Waals surface area contributed by atoms with E-state index >= 15 is 0 Å². The van der Waals surface area contributed by atoms with E-state index in [1.807, 2.05) is 18.3 Å². The number of benzene rings is 1. The van der Waals surface area contributed by atoms with E-state index in [0.717, 1.165) is 10.7 Å². The van der Waals surface area contributed by atoms with Gasteiger partial charge in [-0.3, -0.25) is 4.98 Å². The largest absolute Gasteiger partial charge is 0.260 e. The summed E-state index contributed by atoms with van der Waals surface area (Å²) in [5.41, 5.74) is 3.58. The van der Waals surface area contributed by atoms with Gasteiger partial charge in [-0.25, -0.2) is 0 Å². The van der Waals surface area contributed by atoms with Crippen LogP contribution in [-0.4, -0.2) is 4.98 Å². The number of hydrogen-bond donors (Lipinski definition) is 0. The summed E-state index contributed by atoms with van der Waals surface area (Å²) in [4.78, 5) is 4.57. The minimum atomic E-state index is 0.322. The van der Waals surface area contributed by atoms with E-state index in [2.05, 4.69) is 50.0 Å². The van der Waals surface area contributed by atoms with Crippen molar-refractivity contribution in [2.45, 2.75) is 26.7 Å². The van der Waals surface area contributed by atoms with Gasteiger partial charge in [-0.05, 0) is 42.2 Å². The predicted molar refractivity (Wildman–Crippen MR) is 77.1 cm³/mol. The number of aromatic nitrogens is 1. The summed E-state index contributed by atoms with van der Waals surface area (Å²) in [5, 5.41) is 0.776. The molecular weight excluding hydrogens is 242 g/mol. The molecule has 0 fully saturated rings. The molecule has 0 N–H and O–H groups in total. The maximum Gasteiger partial charge on any atom is 0.0481 e. The second-order valence-electron chi connectivity index (χ2n) is 5.03. The molecule has 0 spiro atoms. The van der Waals surface area contributed by atoms with E-state index in [1.54, 1.807) is 0 Å². The number of aryl methyl sites for hydroxylation is 1. The summed E-state index contributed by atoms with van der Waals surface area (Å²) in [6.07, 6.45) is 1.93. The Kier molecular flexibility index (Phi) is 4.03. The molecule has 1 aromatic carbocycles. The second-order valence-corrected chi connectivity index (χ2v) is 5.47. The lowest BCUT2D eigenvalue weighted by molar-refractivity contribution is 0.552. The molecule has 94 valence electrons. The third kappa shape index (κ3) is 2.91. The van der Waals surface area contributed by atoms with Crippen LogP contribution in [0.25, 0.3) is 0 Å². The number of pyridine rings is 1. The van der Waals surface area contributed by atoms with Crippen LogP contribution in [-0.2, 0) is 0 Å². The second kappa shape index (κ2) is 5.53. The third-order valence-electron chi connectivity index (χ3n) is 3.15. The third-order valence-corrected chi connectivity index (χ3v) is 3.40. The Hall–Kier alpha value is -1.34. The van der Waals surface area contributed by atoms with Crippen molar-refractivity contribution in [2.24, 2.45) is 5.92 Å². The van der Waals surface area contributed by atoms with Crippen molar-refractivity contribution in [3.63, 3.8) is 0 Å². The van der Waals surface area contributed by atoms with Gasteiger partial charge in [0.05, 0.1) is 0 Å². The number of hydrogen-bond acceptors (Lipinski definition) is 1. The van der Waals surface area contributed by atoms with Gasteiger partial charge in [0.1, 0.15) is 0 Å². The molecule has 2 heteroatoms. The zero-order valence-electron chi connectivity index (χ0n) is 11.0. The molecule has 1 heterocycles. The molecule has 0 aliphatic rings. The van der Waals surface area contributed by atoms with E-state index in [4.69, 9.17) is 11.6 Å². The zero-order valence-corrected chi connectivity index (χ0v) is 11.8. The Bertz CT molecular complexity index is 454. The molecule has 0 aliphatic heterocycles. The normalized spacial score (nSPS) is 12.7. The van der Waals surface area contributed by atoms with Crippen molar-refractivity contribution in [1.82, 2.24) is 4.98 Å². The molecule has 0 saturated heterocycles. The molecule has 0 amide bonds. The molecule has 1 unspecified atom stereocenters. The van der Waals surface area contributed by atoms with E-state index < -0.39 is 0 Å². The minimum Gasteiger partial charge on any atom is -0.260 e. The van der Waals surface area contributed by atoms with Crippen LogP contribution in [0, 0.1) is 12.8 Å². The highest BCUT2D eigenvalue weighted by Crippen LogP contribution is 2.31. The fourth-order valence-corrected chi connectivity index (χ4v) is 2.36. The Balaban J connectivity index is 2.39. The van der Waals surface area contributed by atoms with Gasteiger partial charge in [0, 0.05) is 22.8 Å². The first kappa shape index (κ1) is 13.1. The molecule has 0 saturated carbocycles. The molecule has 0 radical (unpaired) electrons. The van der Waals surface area contributed by atoms with Gasteiger partial charge in [-0.1, -0.05) is 43.6 Å². The zero-order chi connectivity index (χ0) is 13.1. The molecule has 0 aliphatic carbocycles. The number of rotatable bonds is 3. The smallest absolute Gasteiger partial charge is 0.0481 e. The fourth-order valence-electron chi connectivity index (χ4n) is 2.23. The van der Waals surface area contributed by atoms with Crippen LogP contribution < -0.4 is 0 Å². The van der Waals surface area contributed by atoms with Crippen molar-refractivity contribution < 1.29 is 0 Å². The summed E-state index contributed by atoms with van der Waals surface area (Å²) in [5.74, 6) is 0.823. The van der Waals surface area contributed by atoms with Crippen LogP contribution in [0.15, 0.2) is 42.6 Å². The van der Waals surface area contributed by atoms with Crippen LogP contribution in [0.5, 0.6) is 0 Å². The molecule has 2 rings (SSSR count). The highest BCUT2D eigenvalue weighted by molar-refractivity contribution is 6.30. The first-order chi connectivity index (χ1) is 8.58. The standard InChI is InChI=1S/C16H18ClN/c1-11(2)16(13-5-7-14(17)8-6-13)15-9-4-12(3)10-18-15/h4-11,16H,1-3H3. The summed E-state index contributed by atoms with van der Waals surface area (Å²) < 4.78 is 0. The Morgan fingerprint density at radius 1 is 1.00 bits per heavy atom. The summed E-state index contributed by atoms with van der Waals surface area (Å²) in [7, 11) is 0. The van der Waals surface area contributed by atoms with Crippen LogP contribution >= 0.6 is 11.6 Å². The Morgan fingerprint density at radius 2 is 1.67 bits per heavy atom. The van der Waals surface area contributed by atoms with Crippen molar-refractivity contribution in [3.05, 3.63) is 64.4 Å². The molecule has 1 aromatic heterocycles. The fraction of sp³-hybridized carbons (Fsp3) is 0.312. The first-order valence-electron chi connectivity index (χ1n) is 6.26. The molecule has 1 atom stereocenters. The average Bonchev–Trinajstić information content (AvgIpc) is 2.34. The van der Waals surface area contributed by atoms with Crippen molar-refractivity contribution >= 4 is 11.6 Å². The van der Waals surface area contributed by atoms with Gasteiger partial charge in [0.25, 0.3) is 0 Å². The van der Waals surface area contributed by atoms with E-state index in [-0.39, 0.29) is 0 Å².